The lowest BCUT2D eigenvalue weighted by atomic mass is 9.90. The van der Waals surface area contributed by atoms with Crippen LogP contribution < -0.4 is 0 Å². The molecular weight excluding hydrogens is 418 g/mol. The minimum Gasteiger partial charge on any atom is -0.339 e. The Kier molecular flexibility index (Phi) is 5.18. The maximum Gasteiger partial charge on any atom is 0.254 e. The number of fused-ring (bicyclic) bond motifs is 1. The van der Waals surface area contributed by atoms with E-state index >= 15 is 0 Å². The van der Waals surface area contributed by atoms with Crippen molar-refractivity contribution in [1.82, 2.24) is 25.1 Å². The number of hydrogen-bond donors (Lipinski definition) is 0. The number of benzene rings is 1. The van der Waals surface area contributed by atoms with Gasteiger partial charge in [0.15, 0.2) is 0 Å². The molecule has 2 fully saturated rings. The summed E-state index contributed by atoms with van der Waals surface area (Å²) in [6.45, 7) is 7.53. The van der Waals surface area contributed by atoms with Gasteiger partial charge in [0.2, 0.25) is 5.91 Å². The SMILES string of the molecule is Cc1ccc2nc(C)cc(C(=O)N3CCC4(CC3)CC4C(=O)N(C)Cc3nonc3C)c2c1. The fraction of sp³-hybridized carbons (Fsp3) is 0.480. The van der Waals surface area contributed by atoms with Crippen LogP contribution in [0.1, 0.15) is 52.3 Å². The predicted molar refractivity (Wildman–Crippen MR) is 122 cm³/mol. The van der Waals surface area contributed by atoms with Crippen molar-refractivity contribution in [2.75, 3.05) is 20.1 Å². The molecule has 3 heterocycles. The third kappa shape index (κ3) is 3.87. The van der Waals surface area contributed by atoms with Gasteiger partial charge >= 0.3 is 0 Å². The number of aromatic nitrogens is 3. The number of nitrogens with zero attached hydrogens (tertiary/aromatic N) is 5. The van der Waals surface area contributed by atoms with Crippen molar-refractivity contribution in [3.05, 3.63) is 52.5 Å². The number of pyridine rings is 1. The molecule has 1 aliphatic carbocycles. The minimum atomic E-state index is 0.0199. The number of carbonyl (C=O) groups is 2. The van der Waals surface area contributed by atoms with E-state index in [1.807, 2.05) is 49.9 Å². The van der Waals surface area contributed by atoms with Crippen LogP contribution in [-0.2, 0) is 11.3 Å². The molecule has 1 aliphatic heterocycles. The summed E-state index contributed by atoms with van der Waals surface area (Å²) in [7, 11) is 1.81. The van der Waals surface area contributed by atoms with Crippen molar-refractivity contribution in [1.29, 1.82) is 0 Å². The lowest BCUT2D eigenvalue weighted by Gasteiger charge is -2.33. The van der Waals surface area contributed by atoms with Crippen molar-refractivity contribution in [3.63, 3.8) is 0 Å². The van der Waals surface area contributed by atoms with Gasteiger partial charge in [0.1, 0.15) is 11.4 Å². The van der Waals surface area contributed by atoms with Crippen molar-refractivity contribution >= 4 is 22.7 Å². The molecule has 5 rings (SSSR count). The van der Waals surface area contributed by atoms with Crippen LogP contribution in [-0.4, -0.2) is 57.0 Å². The monoisotopic (exact) mass is 447 g/mol. The fourth-order valence-corrected chi connectivity index (χ4v) is 5.19. The Morgan fingerprint density at radius 1 is 1.15 bits per heavy atom. The Bertz CT molecular complexity index is 1240. The van der Waals surface area contributed by atoms with E-state index in [0.29, 0.717) is 31.0 Å². The quantitative estimate of drug-likeness (QED) is 0.608. The highest BCUT2D eigenvalue weighted by Crippen LogP contribution is 2.60. The number of amides is 2. The first-order valence-electron chi connectivity index (χ1n) is 11.5. The van der Waals surface area contributed by atoms with Crippen molar-refractivity contribution in [3.8, 4) is 0 Å². The van der Waals surface area contributed by atoms with Crippen LogP contribution in [0, 0.1) is 32.1 Å². The first kappa shape index (κ1) is 21.6. The first-order valence-corrected chi connectivity index (χ1v) is 11.5. The topological polar surface area (TPSA) is 92.4 Å². The molecule has 1 atom stereocenters. The Labute approximate surface area is 192 Å². The highest BCUT2D eigenvalue weighted by molar-refractivity contribution is 6.06. The summed E-state index contributed by atoms with van der Waals surface area (Å²) in [6, 6.07) is 7.94. The number of likely N-dealkylation sites (tertiary alicyclic amines) is 1. The van der Waals surface area contributed by atoms with E-state index in [0.717, 1.165) is 47.0 Å². The minimum absolute atomic E-state index is 0.0199. The van der Waals surface area contributed by atoms with Gasteiger partial charge in [0.05, 0.1) is 17.6 Å². The summed E-state index contributed by atoms with van der Waals surface area (Å²) in [4.78, 5) is 34.7. The molecule has 1 spiro atoms. The van der Waals surface area contributed by atoms with Gasteiger partial charge in [-0.05, 0) is 63.6 Å². The average molecular weight is 448 g/mol. The van der Waals surface area contributed by atoms with E-state index in [9.17, 15) is 9.59 Å². The molecule has 8 nitrogen and oxygen atoms in total. The van der Waals surface area contributed by atoms with Gasteiger partial charge in [-0.2, -0.15) is 0 Å². The summed E-state index contributed by atoms with van der Waals surface area (Å²) in [5.74, 6) is 0.218. The molecule has 172 valence electrons. The van der Waals surface area contributed by atoms with Crippen LogP contribution in [0.5, 0.6) is 0 Å². The van der Waals surface area contributed by atoms with E-state index in [4.69, 9.17) is 4.63 Å². The van der Waals surface area contributed by atoms with Crippen LogP contribution in [0.15, 0.2) is 28.9 Å². The Hall–Kier alpha value is -3.29. The molecule has 33 heavy (non-hydrogen) atoms. The second kappa shape index (κ2) is 7.93. The molecule has 1 saturated heterocycles. The van der Waals surface area contributed by atoms with Gasteiger partial charge in [0, 0.05) is 37.1 Å². The highest BCUT2D eigenvalue weighted by Gasteiger charge is 2.59. The van der Waals surface area contributed by atoms with Crippen LogP contribution in [0.25, 0.3) is 10.9 Å². The van der Waals surface area contributed by atoms with E-state index in [2.05, 4.69) is 15.3 Å². The molecule has 0 bridgehead atoms. The molecule has 1 aromatic carbocycles. The van der Waals surface area contributed by atoms with Crippen molar-refractivity contribution in [2.24, 2.45) is 11.3 Å². The maximum atomic E-state index is 13.4. The average Bonchev–Trinajstić information content (AvgIpc) is 3.34. The zero-order valence-corrected chi connectivity index (χ0v) is 19.6. The Balaban J connectivity index is 1.25. The maximum absolute atomic E-state index is 13.4. The Morgan fingerprint density at radius 3 is 2.61 bits per heavy atom. The summed E-state index contributed by atoms with van der Waals surface area (Å²) >= 11 is 0. The van der Waals surface area contributed by atoms with Gasteiger partial charge in [-0.25, -0.2) is 4.63 Å². The molecule has 2 aliphatic rings. The number of carbonyl (C=O) groups excluding carboxylic acids is 2. The van der Waals surface area contributed by atoms with Crippen LogP contribution in [0.2, 0.25) is 0 Å². The van der Waals surface area contributed by atoms with E-state index in [1.54, 1.807) is 11.9 Å². The van der Waals surface area contributed by atoms with E-state index in [1.165, 1.54) is 0 Å². The van der Waals surface area contributed by atoms with Gasteiger partial charge in [-0.15, -0.1) is 0 Å². The van der Waals surface area contributed by atoms with Crippen LogP contribution in [0.4, 0.5) is 0 Å². The lowest BCUT2D eigenvalue weighted by Crippen LogP contribution is -2.41. The summed E-state index contributed by atoms with van der Waals surface area (Å²) in [5.41, 5.74) is 4.95. The third-order valence-electron chi connectivity index (χ3n) is 7.37. The molecule has 0 N–H and O–H groups in total. The number of rotatable bonds is 4. The van der Waals surface area contributed by atoms with Gasteiger partial charge in [0.25, 0.3) is 5.91 Å². The van der Waals surface area contributed by atoms with Crippen molar-refractivity contribution < 1.29 is 14.2 Å². The summed E-state index contributed by atoms with van der Waals surface area (Å²) in [5, 5.41) is 8.58. The van der Waals surface area contributed by atoms with Crippen LogP contribution >= 0.6 is 0 Å². The zero-order chi connectivity index (χ0) is 23.3. The molecule has 1 saturated carbocycles. The molecular formula is C25H29N5O3. The standard InChI is InChI=1S/C25H29N5O3/c1-15-5-6-21-18(11-15)19(12-16(2)26-21)23(31)30-9-7-25(8-10-30)13-20(25)24(32)29(4)14-22-17(3)27-33-28-22/h5-6,11-12,20H,7-10,13-14H2,1-4H3. The fourth-order valence-electron chi connectivity index (χ4n) is 5.19. The van der Waals surface area contributed by atoms with Crippen molar-refractivity contribution in [2.45, 2.75) is 46.6 Å². The molecule has 2 aromatic heterocycles. The lowest BCUT2D eigenvalue weighted by molar-refractivity contribution is -0.133. The zero-order valence-electron chi connectivity index (χ0n) is 19.6. The van der Waals surface area contributed by atoms with Gasteiger partial charge in [-0.1, -0.05) is 21.9 Å². The Morgan fingerprint density at radius 2 is 1.91 bits per heavy atom. The van der Waals surface area contributed by atoms with Gasteiger partial charge < -0.3 is 9.80 Å². The second-order valence-corrected chi connectivity index (χ2v) is 9.73. The van der Waals surface area contributed by atoms with Crippen LogP contribution in [0.3, 0.4) is 0 Å². The predicted octanol–water partition coefficient (Wildman–Crippen LogP) is 3.44. The summed E-state index contributed by atoms with van der Waals surface area (Å²) < 4.78 is 4.74. The molecule has 3 aromatic rings. The third-order valence-corrected chi connectivity index (χ3v) is 7.37. The summed E-state index contributed by atoms with van der Waals surface area (Å²) in [6.07, 6.45) is 2.61. The molecule has 0 radical (unpaired) electrons. The highest BCUT2D eigenvalue weighted by atomic mass is 16.6. The van der Waals surface area contributed by atoms with E-state index < -0.39 is 0 Å². The smallest absolute Gasteiger partial charge is 0.254 e. The molecule has 8 heteroatoms. The normalized spacial score (nSPS) is 19.2. The second-order valence-electron chi connectivity index (χ2n) is 9.73. The number of piperidine rings is 1. The number of aryl methyl sites for hydroxylation is 3. The largest absolute Gasteiger partial charge is 0.339 e. The molecule has 2 amide bonds. The molecule has 1 unspecified atom stereocenters. The first-order chi connectivity index (χ1) is 15.8. The van der Waals surface area contributed by atoms with Gasteiger partial charge in [-0.3, -0.25) is 14.6 Å². The number of hydrogen-bond acceptors (Lipinski definition) is 6. The van der Waals surface area contributed by atoms with E-state index in [-0.39, 0.29) is 23.1 Å².